The number of ether oxygens (including phenoxy) is 3. The quantitative estimate of drug-likeness (QED) is 0.0948. The maximum atomic E-state index is 17.3. The third-order valence-electron chi connectivity index (χ3n) is 12.0. The Bertz CT molecular complexity index is 1920. The highest BCUT2D eigenvalue weighted by Gasteiger charge is 2.45. The summed E-state index contributed by atoms with van der Waals surface area (Å²) >= 11 is 1.01. The average Bonchev–Trinajstić information content (AvgIpc) is 3.43. The topological polar surface area (TPSA) is 120 Å². The van der Waals surface area contributed by atoms with Gasteiger partial charge in [-0.05, 0) is 82.7 Å². The highest BCUT2D eigenvalue weighted by atomic mass is 32.1. The van der Waals surface area contributed by atoms with E-state index in [9.17, 15) is 10.4 Å². The lowest BCUT2D eigenvalue weighted by Gasteiger charge is -2.43. The molecule has 4 aliphatic rings. The molecule has 2 bridgehead atoms. The van der Waals surface area contributed by atoms with Crippen molar-refractivity contribution in [1.29, 1.82) is 5.26 Å². The molecule has 2 aromatic rings. The van der Waals surface area contributed by atoms with Gasteiger partial charge in [0.2, 0.25) is 0 Å². The van der Waals surface area contributed by atoms with Crippen LogP contribution in [0.5, 0.6) is 0 Å². The molecule has 1 aromatic heterocycles. The molecule has 1 aliphatic carbocycles. The smallest absolute Gasteiger partial charge is 0.139 e. The summed E-state index contributed by atoms with van der Waals surface area (Å²) < 4.78 is 50.8. The Morgan fingerprint density at radius 3 is 2.53 bits per heavy atom. The molecule has 4 heterocycles. The van der Waals surface area contributed by atoms with Crippen molar-refractivity contribution in [1.82, 2.24) is 14.7 Å². The minimum Gasteiger partial charge on any atom is -0.392 e. The third kappa shape index (κ3) is 9.33. The summed E-state index contributed by atoms with van der Waals surface area (Å²) in [5.41, 5.74) is 10.7. The van der Waals surface area contributed by atoms with Crippen LogP contribution in [0.15, 0.2) is 22.7 Å². The van der Waals surface area contributed by atoms with Crippen molar-refractivity contribution < 1.29 is 28.1 Å². The SMILES string of the molecule is C/C=C(/F)c1sc(N)c(C#N)c1C(=C(C)CC)c1c(F)cc(/C(=N\COCC2(CN(C)CC(C)(C)COC)CC2)N2C3CCC2CN(CC(C)O)C3)c2c1COC2. The number of halogens is 2. The van der Waals surface area contributed by atoms with Gasteiger partial charge in [-0.2, -0.15) is 5.26 Å². The Hall–Kier alpha value is -3.22. The second-order valence-electron chi connectivity index (χ2n) is 17.6. The Kier molecular flexibility index (Phi) is 13.7. The molecular formula is C44H62F2N6O4S. The zero-order chi connectivity index (χ0) is 41.2. The highest BCUT2D eigenvalue weighted by Crippen LogP contribution is 2.48. The van der Waals surface area contributed by atoms with Crippen molar-refractivity contribution in [3.63, 3.8) is 0 Å². The Morgan fingerprint density at radius 2 is 1.93 bits per heavy atom. The van der Waals surface area contributed by atoms with Crippen molar-refractivity contribution in [3.8, 4) is 6.07 Å². The fourth-order valence-corrected chi connectivity index (χ4v) is 10.5. The van der Waals surface area contributed by atoms with E-state index in [2.05, 4.69) is 41.7 Å². The van der Waals surface area contributed by atoms with Gasteiger partial charge in [0.1, 0.15) is 35.3 Å². The number of benzene rings is 1. The van der Waals surface area contributed by atoms with Gasteiger partial charge in [-0.15, -0.1) is 11.3 Å². The molecule has 2 saturated heterocycles. The van der Waals surface area contributed by atoms with E-state index in [4.69, 9.17) is 24.9 Å². The van der Waals surface area contributed by atoms with Gasteiger partial charge < -0.3 is 34.9 Å². The zero-order valence-electron chi connectivity index (χ0n) is 35.1. The molecule has 3 aliphatic heterocycles. The van der Waals surface area contributed by atoms with Crippen molar-refractivity contribution >= 4 is 33.6 Å². The standard InChI is InChI=1S/C44H62F2N6O4S/c1-9-27(3)37(39-32(16-47)41(48)57-40(39)35(45)10-2)38-34-21-55-20-33(34)31(15-36(38)46)42(52-29-11-12-30(52)19-51(18-29)17-28(4)53)49-26-56-25-44(13-14-44)23-50(7)22-43(5,6)24-54-8/h10,15,28-30,53H,9,11-14,17-26,48H2,1-8H3/b35-10+,37-27?,49-42+. The summed E-state index contributed by atoms with van der Waals surface area (Å²) in [5, 5.41) is 20.7. The summed E-state index contributed by atoms with van der Waals surface area (Å²) in [6, 6.07) is 4.03. The first-order chi connectivity index (χ1) is 27.2. The number of aliphatic imine (C=N–C) groups is 1. The Morgan fingerprint density at radius 1 is 1.25 bits per heavy atom. The lowest BCUT2D eigenvalue weighted by atomic mass is 9.84. The number of rotatable bonds is 17. The normalized spacial score (nSPS) is 21.9. The van der Waals surface area contributed by atoms with Crippen LogP contribution in [0.1, 0.15) is 112 Å². The van der Waals surface area contributed by atoms with Gasteiger partial charge >= 0.3 is 0 Å². The van der Waals surface area contributed by atoms with Crippen molar-refractivity contribution in [2.45, 2.75) is 105 Å². The van der Waals surface area contributed by atoms with Gasteiger partial charge in [0, 0.05) is 79.4 Å². The highest BCUT2D eigenvalue weighted by molar-refractivity contribution is 7.17. The second-order valence-corrected chi connectivity index (χ2v) is 18.7. The van der Waals surface area contributed by atoms with Gasteiger partial charge in [0.25, 0.3) is 0 Å². The van der Waals surface area contributed by atoms with Crippen LogP contribution in [0.3, 0.4) is 0 Å². The first-order valence-corrected chi connectivity index (χ1v) is 21.2. The van der Waals surface area contributed by atoms with Gasteiger partial charge in [-0.25, -0.2) is 13.8 Å². The molecular weight excluding hydrogens is 747 g/mol. The van der Waals surface area contributed by atoms with Crippen molar-refractivity contribution in [3.05, 3.63) is 61.8 Å². The van der Waals surface area contributed by atoms with E-state index in [0.29, 0.717) is 59.8 Å². The minimum atomic E-state index is -0.510. The molecule has 0 amide bonds. The number of nitrogens with two attached hydrogens (primary N) is 1. The first kappa shape index (κ1) is 43.4. The van der Waals surface area contributed by atoms with E-state index >= 15 is 8.78 Å². The molecule has 1 saturated carbocycles. The lowest BCUT2D eigenvalue weighted by Crippen LogP contribution is -2.57. The maximum absolute atomic E-state index is 17.3. The number of β-amino-alcohol motifs (C(OH)–C–C–N with tert-alkyl or cyclic N) is 1. The van der Waals surface area contributed by atoms with Crippen LogP contribution in [-0.4, -0.2) is 111 Å². The first-order valence-electron chi connectivity index (χ1n) is 20.4. The number of likely N-dealkylation sites (tertiary alicyclic amines) is 1. The van der Waals surface area contributed by atoms with E-state index in [1.54, 1.807) is 20.1 Å². The fourth-order valence-electron chi connectivity index (χ4n) is 9.47. The van der Waals surface area contributed by atoms with Gasteiger partial charge in [0.05, 0.1) is 43.0 Å². The van der Waals surface area contributed by atoms with Crippen LogP contribution in [0.2, 0.25) is 0 Å². The molecule has 0 spiro atoms. The van der Waals surface area contributed by atoms with E-state index < -0.39 is 17.7 Å². The van der Waals surface area contributed by atoms with E-state index in [1.807, 2.05) is 20.8 Å². The number of amidine groups is 1. The van der Waals surface area contributed by atoms with E-state index in [-0.39, 0.29) is 58.3 Å². The molecule has 13 heteroatoms. The third-order valence-corrected chi connectivity index (χ3v) is 13.1. The molecule has 3 unspecified atom stereocenters. The number of allylic oxidation sites excluding steroid dienone is 2. The number of nitrogens with zero attached hydrogens (tertiary/aromatic N) is 5. The molecule has 0 radical (unpaired) electrons. The predicted molar refractivity (Wildman–Crippen MR) is 224 cm³/mol. The number of aliphatic hydroxyl groups is 1. The average molecular weight is 809 g/mol. The number of anilines is 1. The molecule has 57 heavy (non-hydrogen) atoms. The number of fused-ring (bicyclic) bond motifs is 3. The van der Waals surface area contributed by atoms with Crippen LogP contribution in [0, 0.1) is 28.0 Å². The minimum absolute atomic E-state index is 0.0406. The largest absolute Gasteiger partial charge is 0.392 e. The summed E-state index contributed by atoms with van der Waals surface area (Å²) in [5.74, 6) is -0.295. The molecule has 312 valence electrons. The molecule has 6 rings (SSSR count). The zero-order valence-corrected chi connectivity index (χ0v) is 36.0. The molecule has 3 N–H and O–H groups in total. The summed E-state index contributed by atoms with van der Waals surface area (Å²) in [7, 11) is 3.91. The Balaban J connectivity index is 1.38. The van der Waals surface area contributed by atoms with Crippen LogP contribution < -0.4 is 5.73 Å². The molecule has 3 atom stereocenters. The van der Waals surface area contributed by atoms with Crippen LogP contribution in [-0.2, 0) is 27.4 Å². The predicted octanol–water partition coefficient (Wildman–Crippen LogP) is 7.57. The van der Waals surface area contributed by atoms with Gasteiger partial charge in [0.15, 0.2) is 0 Å². The number of hydrogen-bond acceptors (Lipinski definition) is 10. The van der Waals surface area contributed by atoms with Crippen LogP contribution in [0.25, 0.3) is 11.4 Å². The number of piperazine rings is 1. The summed E-state index contributed by atoms with van der Waals surface area (Å²) in [6.45, 7) is 17.5. The lowest BCUT2D eigenvalue weighted by molar-refractivity contribution is 0.0498. The number of aliphatic hydroxyl groups excluding tert-OH is 1. The second kappa shape index (κ2) is 18.0. The number of hydrogen-bond donors (Lipinski definition) is 2. The molecule has 10 nitrogen and oxygen atoms in total. The maximum Gasteiger partial charge on any atom is 0.139 e. The number of thiophene rings is 1. The summed E-state index contributed by atoms with van der Waals surface area (Å²) in [4.78, 5) is 12.5. The van der Waals surface area contributed by atoms with Crippen LogP contribution in [0.4, 0.5) is 13.8 Å². The van der Waals surface area contributed by atoms with E-state index in [0.717, 1.165) is 74.3 Å². The number of nitriles is 1. The summed E-state index contributed by atoms with van der Waals surface area (Å²) in [6.07, 6.45) is 5.59. The number of nitrogen functional groups attached to an aromatic ring is 1. The Labute approximate surface area is 342 Å². The van der Waals surface area contributed by atoms with Crippen molar-refractivity contribution in [2.75, 3.05) is 72.6 Å². The fraction of sp³-hybridized carbons (Fsp3) is 0.636. The van der Waals surface area contributed by atoms with Crippen molar-refractivity contribution in [2.24, 2.45) is 15.8 Å². The van der Waals surface area contributed by atoms with Gasteiger partial charge in [-0.1, -0.05) is 32.4 Å². The molecule has 3 fully saturated rings. The van der Waals surface area contributed by atoms with E-state index in [1.165, 1.54) is 6.08 Å². The monoisotopic (exact) mass is 808 g/mol. The molecule has 1 aromatic carbocycles. The van der Waals surface area contributed by atoms with Gasteiger partial charge in [-0.3, -0.25) is 4.90 Å². The number of methoxy groups -OCH3 is 1. The van der Waals surface area contributed by atoms with Crippen LogP contribution >= 0.6 is 11.3 Å².